The SMILES string of the molecule is CC(C)(C)c1cc2n(n1)CC(C)(C(=O)NCc1ccccc1)N(Cc1ccc(Cl)cc1)C2=O. The Kier molecular flexibility index (Phi) is 6.06. The molecule has 2 amide bonds. The fourth-order valence-electron chi connectivity index (χ4n) is 4.00. The highest BCUT2D eigenvalue weighted by Gasteiger charge is 2.48. The Morgan fingerprint density at radius 3 is 2.39 bits per heavy atom. The van der Waals surface area contributed by atoms with E-state index in [0.717, 1.165) is 16.8 Å². The zero-order valence-electron chi connectivity index (χ0n) is 19.4. The number of rotatable bonds is 5. The van der Waals surface area contributed by atoms with E-state index in [4.69, 9.17) is 16.7 Å². The fraction of sp³-hybridized carbons (Fsp3) is 0.346. The van der Waals surface area contributed by atoms with E-state index in [-0.39, 0.29) is 23.8 Å². The topological polar surface area (TPSA) is 67.2 Å². The predicted molar refractivity (Wildman–Crippen MR) is 129 cm³/mol. The van der Waals surface area contributed by atoms with E-state index < -0.39 is 5.54 Å². The molecule has 172 valence electrons. The van der Waals surface area contributed by atoms with Crippen molar-refractivity contribution in [3.8, 4) is 0 Å². The number of amides is 2. The van der Waals surface area contributed by atoms with Gasteiger partial charge < -0.3 is 10.2 Å². The van der Waals surface area contributed by atoms with Crippen LogP contribution < -0.4 is 5.32 Å². The maximum absolute atomic E-state index is 13.7. The number of hydrogen-bond donors (Lipinski definition) is 1. The highest BCUT2D eigenvalue weighted by atomic mass is 35.5. The van der Waals surface area contributed by atoms with Crippen molar-refractivity contribution in [3.63, 3.8) is 0 Å². The standard InChI is InChI=1S/C26H29ClN4O2/c1-25(2,3)22-14-21-23(32)30(16-19-10-12-20(27)13-11-19)26(4,17-31(21)29-22)24(33)28-15-18-8-6-5-7-9-18/h5-14H,15-17H2,1-4H3,(H,28,33). The number of nitrogens with zero attached hydrogens (tertiary/aromatic N) is 3. The molecule has 0 aliphatic carbocycles. The third kappa shape index (κ3) is 4.67. The van der Waals surface area contributed by atoms with E-state index in [1.807, 2.05) is 55.5 Å². The number of aromatic nitrogens is 2. The van der Waals surface area contributed by atoms with Gasteiger partial charge in [-0.15, -0.1) is 0 Å². The highest BCUT2D eigenvalue weighted by molar-refractivity contribution is 6.30. The summed E-state index contributed by atoms with van der Waals surface area (Å²) < 4.78 is 1.68. The first-order valence-corrected chi connectivity index (χ1v) is 11.4. The molecule has 0 saturated heterocycles. The molecule has 2 heterocycles. The number of nitrogens with one attached hydrogen (secondary N) is 1. The van der Waals surface area contributed by atoms with Crippen LogP contribution in [0.5, 0.6) is 0 Å². The summed E-state index contributed by atoms with van der Waals surface area (Å²) in [5.41, 5.74) is 1.90. The van der Waals surface area contributed by atoms with E-state index in [2.05, 4.69) is 26.1 Å². The Bertz CT molecular complexity index is 1170. The largest absolute Gasteiger partial charge is 0.350 e. The number of halogens is 1. The molecule has 1 aromatic heterocycles. The monoisotopic (exact) mass is 464 g/mol. The van der Waals surface area contributed by atoms with Crippen LogP contribution in [0.3, 0.4) is 0 Å². The van der Waals surface area contributed by atoms with E-state index in [1.165, 1.54) is 0 Å². The van der Waals surface area contributed by atoms with Crippen molar-refractivity contribution < 1.29 is 9.59 Å². The first-order chi connectivity index (χ1) is 15.6. The van der Waals surface area contributed by atoms with Gasteiger partial charge in [-0.1, -0.05) is 74.8 Å². The van der Waals surface area contributed by atoms with Gasteiger partial charge in [-0.3, -0.25) is 14.3 Å². The molecule has 1 atom stereocenters. The lowest BCUT2D eigenvalue weighted by molar-refractivity contribution is -0.133. The van der Waals surface area contributed by atoms with Crippen molar-refractivity contribution >= 4 is 23.4 Å². The molecule has 1 unspecified atom stereocenters. The molecule has 0 spiro atoms. The Morgan fingerprint density at radius 1 is 1.09 bits per heavy atom. The summed E-state index contributed by atoms with van der Waals surface area (Å²) in [6.07, 6.45) is 0. The van der Waals surface area contributed by atoms with Gasteiger partial charge in [-0.05, 0) is 36.2 Å². The van der Waals surface area contributed by atoms with Crippen molar-refractivity contribution in [2.45, 2.75) is 58.3 Å². The highest BCUT2D eigenvalue weighted by Crippen LogP contribution is 2.32. The minimum atomic E-state index is -1.11. The molecule has 1 aliphatic heterocycles. The predicted octanol–water partition coefficient (Wildman–Crippen LogP) is 4.57. The van der Waals surface area contributed by atoms with Gasteiger partial charge in [0.25, 0.3) is 5.91 Å². The summed E-state index contributed by atoms with van der Waals surface area (Å²) in [6.45, 7) is 8.94. The van der Waals surface area contributed by atoms with Gasteiger partial charge >= 0.3 is 0 Å². The Balaban J connectivity index is 1.69. The molecule has 7 heteroatoms. The third-order valence-corrected chi connectivity index (χ3v) is 6.36. The number of carbonyl (C=O) groups is 2. The molecule has 0 radical (unpaired) electrons. The molecule has 4 rings (SSSR count). The van der Waals surface area contributed by atoms with E-state index in [0.29, 0.717) is 23.8 Å². The summed E-state index contributed by atoms with van der Waals surface area (Å²) >= 11 is 6.05. The molecule has 1 aliphatic rings. The molecule has 0 saturated carbocycles. The first-order valence-electron chi connectivity index (χ1n) is 11.0. The van der Waals surface area contributed by atoms with Gasteiger partial charge in [0.2, 0.25) is 5.91 Å². The zero-order chi connectivity index (χ0) is 23.8. The normalized spacial score (nSPS) is 18.2. The van der Waals surface area contributed by atoms with Gasteiger partial charge in [-0.25, -0.2) is 0 Å². The lowest BCUT2D eigenvalue weighted by Gasteiger charge is -2.43. The minimum Gasteiger partial charge on any atom is -0.350 e. The van der Waals surface area contributed by atoms with E-state index >= 15 is 0 Å². The van der Waals surface area contributed by atoms with E-state index in [9.17, 15) is 9.59 Å². The van der Waals surface area contributed by atoms with Crippen LogP contribution in [0.4, 0.5) is 0 Å². The molecular weight excluding hydrogens is 436 g/mol. The van der Waals surface area contributed by atoms with Gasteiger partial charge in [0, 0.05) is 23.5 Å². The number of benzene rings is 2. The molecule has 1 N–H and O–H groups in total. The summed E-state index contributed by atoms with van der Waals surface area (Å²) in [4.78, 5) is 28.9. The molecule has 3 aromatic rings. The van der Waals surface area contributed by atoms with Crippen LogP contribution in [0.2, 0.25) is 5.02 Å². The number of hydrogen-bond acceptors (Lipinski definition) is 3. The van der Waals surface area contributed by atoms with Crippen LogP contribution in [-0.2, 0) is 29.8 Å². The van der Waals surface area contributed by atoms with Gasteiger partial charge in [0.1, 0.15) is 11.2 Å². The van der Waals surface area contributed by atoms with Crippen LogP contribution in [0.25, 0.3) is 0 Å². The summed E-state index contributed by atoms with van der Waals surface area (Å²) in [6, 6.07) is 18.9. The van der Waals surface area contributed by atoms with Crippen molar-refractivity contribution in [3.05, 3.63) is 88.2 Å². The number of fused-ring (bicyclic) bond motifs is 1. The molecule has 2 aromatic carbocycles. The number of carbonyl (C=O) groups excluding carboxylic acids is 2. The van der Waals surface area contributed by atoms with Crippen LogP contribution >= 0.6 is 11.6 Å². The Hall–Kier alpha value is -3.12. The van der Waals surface area contributed by atoms with Crippen LogP contribution in [-0.4, -0.2) is 32.0 Å². The fourth-order valence-corrected chi connectivity index (χ4v) is 4.12. The summed E-state index contributed by atoms with van der Waals surface area (Å²) in [7, 11) is 0. The van der Waals surface area contributed by atoms with Gasteiger partial charge in [0.15, 0.2) is 0 Å². The second-order valence-corrected chi connectivity index (χ2v) is 10.2. The summed E-state index contributed by atoms with van der Waals surface area (Å²) in [5.74, 6) is -0.427. The van der Waals surface area contributed by atoms with Crippen LogP contribution in [0.15, 0.2) is 60.7 Å². The molecule has 33 heavy (non-hydrogen) atoms. The van der Waals surface area contributed by atoms with Crippen LogP contribution in [0.1, 0.15) is 55.0 Å². The van der Waals surface area contributed by atoms with Crippen molar-refractivity contribution in [1.29, 1.82) is 0 Å². The Morgan fingerprint density at radius 2 is 1.76 bits per heavy atom. The van der Waals surface area contributed by atoms with Gasteiger partial charge in [0.05, 0.1) is 12.2 Å². The average molecular weight is 465 g/mol. The molecule has 6 nitrogen and oxygen atoms in total. The third-order valence-electron chi connectivity index (χ3n) is 6.11. The van der Waals surface area contributed by atoms with E-state index in [1.54, 1.807) is 21.7 Å². The average Bonchev–Trinajstić information content (AvgIpc) is 3.21. The van der Waals surface area contributed by atoms with Crippen molar-refractivity contribution in [2.75, 3.05) is 0 Å². The van der Waals surface area contributed by atoms with Crippen LogP contribution in [0, 0.1) is 0 Å². The maximum Gasteiger partial charge on any atom is 0.273 e. The van der Waals surface area contributed by atoms with Crippen molar-refractivity contribution in [1.82, 2.24) is 20.0 Å². The molecule has 0 bridgehead atoms. The summed E-state index contributed by atoms with van der Waals surface area (Å²) in [5, 5.41) is 8.35. The quantitative estimate of drug-likeness (QED) is 0.601. The van der Waals surface area contributed by atoms with Crippen molar-refractivity contribution in [2.24, 2.45) is 0 Å². The molecular formula is C26H29ClN4O2. The smallest absolute Gasteiger partial charge is 0.273 e. The lowest BCUT2D eigenvalue weighted by Crippen LogP contribution is -2.63. The molecule has 0 fully saturated rings. The second-order valence-electron chi connectivity index (χ2n) is 9.78. The first kappa shape index (κ1) is 23.1. The zero-order valence-corrected chi connectivity index (χ0v) is 20.2. The minimum absolute atomic E-state index is 0.211. The van der Waals surface area contributed by atoms with Gasteiger partial charge in [-0.2, -0.15) is 5.10 Å². The maximum atomic E-state index is 13.7. The Labute approximate surface area is 199 Å². The second kappa shape index (κ2) is 8.67. The lowest BCUT2D eigenvalue weighted by atomic mass is 9.91.